The largest absolute Gasteiger partial charge is 0.295 e. The van der Waals surface area contributed by atoms with Crippen molar-refractivity contribution in [3.63, 3.8) is 0 Å². The zero-order chi connectivity index (χ0) is 13.5. The first-order valence-corrected chi connectivity index (χ1v) is 7.51. The Morgan fingerprint density at radius 1 is 1.16 bits per heavy atom. The molecule has 1 aliphatic carbocycles. The van der Waals surface area contributed by atoms with Gasteiger partial charge in [0.15, 0.2) is 5.78 Å². The topological polar surface area (TPSA) is 17.1 Å². The summed E-state index contributed by atoms with van der Waals surface area (Å²) in [6, 6.07) is 10.3. The van der Waals surface area contributed by atoms with Crippen molar-refractivity contribution >= 4 is 5.78 Å². The predicted octanol–water partition coefficient (Wildman–Crippen LogP) is 4.71. The number of benzene rings is 1. The Balaban J connectivity index is 1.83. The molecule has 0 aromatic heterocycles. The minimum absolute atomic E-state index is 0.314. The second-order valence-electron chi connectivity index (χ2n) is 5.66. The lowest BCUT2D eigenvalue weighted by molar-refractivity contribution is -0.115. The van der Waals surface area contributed by atoms with E-state index in [9.17, 15) is 4.79 Å². The standard InChI is InChI=1S/C18H24O/c1-15(14-17-10-6-3-7-11-17)18(19)13-12-16-8-4-2-5-9-16/h2,4-5,8-9,14,17H,3,6-7,10-13H2,1H3/b15-14+. The molecule has 0 radical (unpaired) electrons. The van der Waals surface area contributed by atoms with Crippen molar-refractivity contribution in [3.05, 3.63) is 47.5 Å². The van der Waals surface area contributed by atoms with Crippen LogP contribution in [0.3, 0.4) is 0 Å². The Kier molecular flexibility index (Phi) is 5.38. The Morgan fingerprint density at radius 2 is 1.84 bits per heavy atom. The van der Waals surface area contributed by atoms with Crippen LogP contribution >= 0.6 is 0 Å². The van der Waals surface area contributed by atoms with Gasteiger partial charge in [0.25, 0.3) is 0 Å². The normalized spacial score (nSPS) is 17.4. The molecule has 1 saturated carbocycles. The van der Waals surface area contributed by atoms with Crippen molar-refractivity contribution < 1.29 is 4.79 Å². The fraction of sp³-hybridized carbons (Fsp3) is 0.500. The van der Waals surface area contributed by atoms with Crippen molar-refractivity contribution in [3.8, 4) is 0 Å². The molecule has 2 rings (SSSR count). The van der Waals surface area contributed by atoms with Gasteiger partial charge in [-0.3, -0.25) is 4.79 Å². The quantitative estimate of drug-likeness (QED) is 0.697. The Labute approximate surface area is 116 Å². The molecule has 0 spiro atoms. The van der Waals surface area contributed by atoms with E-state index in [0.29, 0.717) is 18.1 Å². The second kappa shape index (κ2) is 7.28. The number of carbonyl (C=O) groups is 1. The van der Waals surface area contributed by atoms with Crippen molar-refractivity contribution in [1.29, 1.82) is 0 Å². The van der Waals surface area contributed by atoms with Crippen LogP contribution in [0.25, 0.3) is 0 Å². The molecule has 1 aliphatic rings. The highest BCUT2D eigenvalue weighted by molar-refractivity contribution is 5.94. The fourth-order valence-electron chi connectivity index (χ4n) is 2.85. The molecule has 1 fully saturated rings. The van der Waals surface area contributed by atoms with Gasteiger partial charge in [-0.1, -0.05) is 55.7 Å². The first-order valence-electron chi connectivity index (χ1n) is 7.51. The van der Waals surface area contributed by atoms with Gasteiger partial charge in [-0.05, 0) is 43.2 Å². The average Bonchev–Trinajstić information content (AvgIpc) is 2.47. The van der Waals surface area contributed by atoms with E-state index in [1.54, 1.807) is 0 Å². The zero-order valence-electron chi connectivity index (χ0n) is 11.9. The third-order valence-corrected chi connectivity index (χ3v) is 4.06. The smallest absolute Gasteiger partial charge is 0.158 e. The molecule has 0 unspecified atom stereocenters. The van der Waals surface area contributed by atoms with Crippen molar-refractivity contribution in [2.24, 2.45) is 5.92 Å². The minimum Gasteiger partial charge on any atom is -0.295 e. The molecular formula is C18H24O. The van der Waals surface area contributed by atoms with Gasteiger partial charge in [0.2, 0.25) is 0 Å². The van der Waals surface area contributed by atoms with E-state index in [1.807, 2.05) is 25.1 Å². The number of hydrogen-bond acceptors (Lipinski definition) is 1. The van der Waals surface area contributed by atoms with Crippen LogP contribution in [0, 0.1) is 5.92 Å². The molecule has 1 aromatic rings. The number of carbonyl (C=O) groups excluding carboxylic acids is 1. The molecular weight excluding hydrogens is 232 g/mol. The van der Waals surface area contributed by atoms with Gasteiger partial charge in [0.1, 0.15) is 0 Å². The van der Waals surface area contributed by atoms with Crippen LogP contribution in [0.15, 0.2) is 42.0 Å². The van der Waals surface area contributed by atoms with E-state index in [4.69, 9.17) is 0 Å². The van der Waals surface area contributed by atoms with Gasteiger partial charge in [-0.2, -0.15) is 0 Å². The monoisotopic (exact) mass is 256 g/mol. The predicted molar refractivity (Wildman–Crippen MR) is 80.1 cm³/mol. The van der Waals surface area contributed by atoms with Crippen LogP contribution in [0.4, 0.5) is 0 Å². The number of aryl methyl sites for hydroxylation is 1. The lowest BCUT2D eigenvalue weighted by Gasteiger charge is -2.18. The average molecular weight is 256 g/mol. The number of hydrogen-bond donors (Lipinski definition) is 0. The summed E-state index contributed by atoms with van der Waals surface area (Å²) in [6.07, 6.45) is 10.3. The Morgan fingerprint density at radius 3 is 2.53 bits per heavy atom. The first kappa shape index (κ1) is 14.0. The fourth-order valence-corrected chi connectivity index (χ4v) is 2.85. The highest BCUT2D eigenvalue weighted by Gasteiger charge is 2.13. The minimum atomic E-state index is 0.314. The molecule has 19 heavy (non-hydrogen) atoms. The SMILES string of the molecule is C/C(=C\C1CCCCC1)C(=O)CCc1ccccc1. The highest BCUT2D eigenvalue weighted by Crippen LogP contribution is 2.25. The van der Waals surface area contributed by atoms with Crippen molar-refractivity contribution in [1.82, 2.24) is 0 Å². The van der Waals surface area contributed by atoms with Gasteiger partial charge >= 0.3 is 0 Å². The molecule has 0 aliphatic heterocycles. The maximum absolute atomic E-state index is 12.1. The molecule has 0 amide bonds. The zero-order valence-corrected chi connectivity index (χ0v) is 11.9. The van der Waals surface area contributed by atoms with Crippen LogP contribution in [0.1, 0.15) is 51.0 Å². The Bertz CT molecular complexity index is 424. The van der Waals surface area contributed by atoms with Crippen LogP contribution in [0.5, 0.6) is 0 Å². The molecule has 1 aromatic carbocycles. The molecule has 1 heteroatoms. The summed E-state index contributed by atoms with van der Waals surface area (Å²) < 4.78 is 0. The summed E-state index contributed by atoms with van der Waals surface area (Å²) in [7, 11) is 0. The van der Waals surface area contributed by atoms with Gasteiger partial charge in [0, 0.05) is 6.42 Å². The van der Waals surface area contributed by atoms with Gasteiger partial charge in [-0.25, -0.2) is 0 Å². The highest BCUT2D eigenvalue weighted by atomic mass is 16.1. The molecule has 0 saturated heterocycles. The third kappa shape index (κ3) is 4.66. The van der Waals surface area contributed by atoms with Crippen LogP contribution in [-0.4, -0.2) is 5.78 Å². The molecule has 102 valence electrons. The van der Waals surface area contributed by atoms with Crippen LogP contribution in [0.2, 0.25) is 0 Å². The number of rotatable bonds is 5. The summed E-state index contributed by atoms with van der Waals surface area (Å²) in [6.45, 7) is 1.99. The maximum atomic E-state index is 12.1. The molecule has 0 heterocycles. The maximum Gasteiger partial charge on any atom is 0.158 e. The van der Waals surface area contributed by atoms with E-state index in [2.05, 4.69) is 18.2 Å². The van der Waals surface area contributed by atoms with Crippen LogP contribution in [-0.2, 0) is 11.2 Å². The number of Topliss-reactive ketones (excluding diaryl/α,β-unsaturated/α-hetero) is 1. The summed E-state index contributed by atoms with van der Waals surface area (Å²) in [5.41, 5.74) is 2.23. The van der Waals surface area contributed by atoms with Gasteiger partial charge < -0.3 is 0 Å². The van der Waals surface area contributed by atoms with Gasteiger partial charge in [0.05, 0.1) is 0 Å². The summed E-state index contributed by atoms with van der Waals surface area (Å²) in [5, 5.41) is 0. The van der Waals surface area contributed by atoms with E-state index in [-0.39, 0.29) is 0 Å². The second-order valence-corrected chi connectivity index (χ2v) is 5.66. The number of ketones is 1. The first-order chi connectivity index (χ1) is 9.25. The number of allylic oxidation sites excluding steroid dienone is 2. The van der Waals surface area contributed by atoms with E-state index in [1.165, 1.54) is 37.7 Å². The Hall–Kier alpha value is -1.37. The summed E-state index contributed by atoms with van der Waals surface area (Å²) in [5.74, 6) is 0.962. The van der Waals surface area contributed by atoms with Crippen molar-refractivity contribution in [2.45, 2.75) is 51.9 Å². The summed E-state index contributed by atoms with van der Waals surface area (Å²) in [4.78, 5) is 12.1. The van der Waals surface area contributed by atoms with E-state index < -0.39 is 0 Å². The van der Waals surface area contributed by atoms with E-state index in [0.717, 1.165) is 12.0 Å². The van der Waals surface area contributed by atoms with E-state index >= 15 is 0 Å². The van der Waals surface area contributed by atoms with Crippen LogP contribution < -0.4 is 0 Å². The van der Waals surface area contributed by atoms with Gasteiger partial charge in [-0.15, -0.1) is 0 Å². The molecule has 0 atom stereocenters. The lowest BCUT2D eigenvalue weighted by atomic mass is 9.87. The van der Waals surface area contributed by atoms with Crippen molar-refractivity contribution in [2.75, 3.05) is 0 Å². The lowest BCUT2D eigenvalue weighted by Crippen LogP contribution is -2.07. The molecule has 1 nitrogen and oxygen atoms in total. The summed E-state index contributed by atoms with van der Waals surface area (Å²) >= 11 is 0. The molecule has 0 N–H and O–H groups in total. The third-order valence-electron chi connectivity index (χ3n) is 4.06. The molecule has 0 bridgehead atoms.